The summed E-state index contributed by atoms with van der Waals surface area (Å²) >= 11 is 0. The molecule has 2 heterocycles. The van der Waals surface area contributed by atoms with E-state index in [0.717, 1.165) is 22.4 Å². The van der Waals surface area contributed by atoms with Gasteiger partial charge in [0.15, 0.2) is 0 Å². The van der Waals surface area contributed by atoms with Crippen molar-refractivity contribution in [3.8, 4) is 11.4 Å². The molecule has 4 rings (SSSR count). The van der Waals surface area contributed by atoms with Gasteiger partial charge in [0.1, 0.15) is 5.82 Å². The molecule has 0 bridgehead atoms. The normalized spacial score (nSPS) is 19.1. The molecule has 0 amide bonds. The van der Waals surface area contributed by atoms with Gasteiger partial charge in [-0.2, -0.15) is 0 Å². The van der Waals surface area contributed by atoms with Crippen LogP contribution < -0.4 is 0 Å². The first-order chi connectivity index (χ1) is 11.4. The van der Waals surface area contributed by atoms with E-state index in [1.165, 1.54) is 0 Å². The molecule has 3 aromatic rings. The second-order valence-corrected chi connectivity index (χ2v) is 7.22. The highest BCUT2D eigenvalue weighted by Gasteiger charge is 2.53. The molecule has 0 N–H and O–H groups in total. The van der Waals surface area contributed by atoms with Crippen molar-refractivity contribution in [3.63, 3.8) is 0 Å². The van der Waals surface area contributed by atoms with Crippen molar-refractivity contribution < 1.29 is 9.31 Å². The molecule has 1 aliphatic rings. The Bertz CT molecular complexity index is 871. The Labute approximate surface area is 142 Å². The van der Waals surface area contributed by atoms with Crippen LogP contribution in [-0.2, 0) is 9.31 Å². The molecule has 5 heteroatoms. The quantitative estimate of drug-likeness (QED) is 0.666. The number of para-hydroxylation sites is 2. The van der Waals surface area contributed by atoms with Crippen molar-refractivity contribution >= 4 is 18.3 Å². The Hall–Kier alpha value is -2.11. The molecule has 1 aromatic heterocycles. The first kappa shape index (κ1) is 15.4. The third kappa shape index (κ3) is 2.27. The SMILES string of the molecule is CC1(C)OB(n2c(-c3ccccc3)nc3ccccc32)OC1(C)C. The highest BCUT2D eigenvalue weighted by Crippen LogP contribution is 2.39. The summed E-state index contributed by atoms with van der Waals surface area (Å²) < 4.78 is 14.6. The summed E-state index contributed by atoms with van der Waals surface area (Å²) in [4.78, 5) is 4.83. The second-order valence-electron chi connectivity index (χ2n) is 7.22. The average molecular weight is 320 g/mol. The van der Waals surface area contributed by atoms with E-state index >= 15 is 0 Å². The Morgan fingerprint density at radius 2 is 1.42 bits per heavy atom. The molecule has 1 saturated heterocycles. The van der Waals surface area contributed by atoms with Crippen LogP contribution in [0.4, 0.5) is 0 Å². The van der Waals surface area contributed by atoms with Gasteiger partial charge >= 0.3 is 7.25 Å². The predicted molar refractivity (Wildman–Crippen MR) is 96.6 cm³/mol. The standard InChI is InChI=1S/C19H21BN2O2/c1-18(2)19(3,4)24-20(23-18)22-16-13-9-8-12-15(16)21-17(22)14-10-6-5-7-11-14/h5-13H,1-4H3. The van der Waals surface area contributed by atoms with Crippen LogP contribution in [0.2, 0.25) is 0 Å². The van der Waals surface area contributed by atoms with Crippen LogP contribution in [0.15, 0.2) is 54.6 Å². The van der Waals surface area contributed by atoms with Gasteiger partial charge in [0.25, 0.3) is 0 Å². The summed E-state index contributed by atoms with van der Waals surface area (Å²) in [6.07, 6.45) is 0. The van der Waals surface area contributed by atoms with Gasteiger partial charge in [-0.3, -0.25) is 0 Å². The summed E-state index contributed by atoms with van der Waals surface area (Å²) in [5, 5.41) is 0. The largest absolute Gasteiger partial charge is 0.600 e. The van der Waals surface area contributed by atoms with Gasteiger partial charge in [-0.05, 0) is 39.8 Å². The number of rotatable bonds is 2. The maximum absolute atomic E-state index is 6.28. The monoisotopic (exact) mass is 320 g/mol. The van der Waals surface area contributed by atoms with Crippen molar-refractivity contribution in [2.24, 2.45) is 0 Å². The Kier molecular flexibility index (Phi) is 3.34. The smallest absolute Gasteiger partial charge is 0.384 e. The third-order valence-electron chi connectivity index (χ3n) is 5.08. The lowest BCUT2D eigenvalue weighted by molar-refractivity contribution is 0.00578. The van der Waals surface area contributed by atoms with Crippen LogP contribution in [0.5, 0.6) is 0 Å². The summed E-state index contributed by atoms with van der Waals surface area (Å²) in [5.74, 6) is 0.857. The van der Waals surface area contributed by atoms with E-state index in [4.69, 9.17) is 14.3 Å². The van der Waals surface area contributed by atoms with Gasteiger partial charge in [-0.15, -0.1) is 0 Å². The van der Waals surface area contributed by atoms with E-state index in [9.17, 15) is 0 Å². The van der Waals surface area contributed by atoms with E-state index in [2.05, 4.69) is 50.4 Å². The summed E-state index contributed by atoms with van der Waals surface area (Å²) in [5.41, 5.74) is 2.21. The zero-order valence-corrected chi connectivity index (χ0v) is 14.5. The summed E-state index contributed by atoms with van der Waals surface area (Å²) in [6, 6.07) is 18.2. The Balaban J connectivity index is 1.92. The number of fused-ring (bicyclic) bond motifs is 1. The molecule has 1 fully saturated rings. The zero-order chi connectivity index (χ0) is 16.9. The first-order valence-electron chi connectivity index (χ1n) is 8.27. The number of hydrogen-bond donors (Lipinski definition) is 0. The molecule has 1 aliphatic heterocycles. The fraction of sp³-hybridized carbons (Fsp3) is 0.316. The van der Waals surface area contributed by atoms with Gasteiger partial charge in [0, 0.05) is 5.56 Å². The number of hydrogen-bond acceptors (Lipinski definition) is 3. The molecule has 0 saturated carbocycles. The molecular weight excluding hydrogens is 299 g/mol. The highest BCUT2D eigenvalue weighted by atomic mass is 16.7. The molecule has 0 unspecified atom stereocenters. The Morgan fingerprint density at radius 3 is 2.08 bits per heavy atom. The van der Waals surface area contributed by atoms with E-state index in [1.54, 1.807) is 0 Å². The molecule has 0 atom stereocenters. The van der Waals surface area contributed by atoms with Crippen molar-refractivity contribution in [3.05, 3.63) is 54.6 Å². The maximum Gasteiger partial charge on any atom is 0.600 e. The van der Waals surface area contributed by atoms with Gasteiger partial charge in [-0.25, -0.2) is 4.98 Å². The van der Waals surface area contributed by atoms with Crippen LogP contribution in [0, 0.1) is 0 Å². The zero-order valence-electron chi connectivity index (χ0n) is 14.5. The van der Waals surface area contributed by atoms with Crippen LogP contribution in [0.3, 0.4) is 0 Å². The minimum atomic E-state index is -0.502. The molecule has 24 heavy (non-hydrogen) atoms. The molecule has 4 nitrogen and oxygen atoms in total. The van der Waals surface area contributed by atoms with Gasteiger partial charge in [-0.1, -0.05) is 42.5 Å². The second kappa shape index (κ2) is 5.20. The predicted octanol–water partition coefficient (Wildman–Crippen LogP) is 4.14. The van der Waals surface area contributed by atoms with Crippen molar-refractivity contribution in [2.45, 2.75) is 38.9 Å². The number of nitrogens with zero attached hydrogens (tertiary/aromatic N) is 2. The topological polar surface area (TPSA) is 36.3 Å². The van der Waals surface area contributed by atoms with E-state index in [0.29, 0.717) is 0 Å². The van der Waals surface area contributed by atoms with Gasteiger partial charge < -0.3 is 13.8 Å². The molecule has 122 valence electrons. The first-order valence-corrected chi connectivity index (χ1v) is 8.27. The number of aromatic nitrogens is 2. The lowest BCUT2D eigenvalue weighted by Gasteiger charge is -2.32. The van der Waals surface area contributed by atoms with Gasteiger partial charge in [0.05, 0.1) is 22.2 Å². The van der Waals surface area contributed by atoms with Crippen LogP contribution in [-0.4, -0.2) is 27.9 Å². The molecule has 0 spiro atoms. The van der Waals surface area contributed by atoms with Crippen molar-refractivity contribution in [1.29, 1.82) is 0 Å². The van der Waals surface area contributed by atoms with Crippen molar-refractivity contribution in [2.75, 3.05) is 0 Å². The maximum atomic E-state index is 6.28. The fourth-order valence-corrected chi connectivity index (χ4v) is 2.97. The van der Waals surface area contributed by atoms with Gasteiger partial charge in [0.2, 0.25) is 0 Å². The third-order valence-corrected chi connectivity index (χ3v) is 5.08. The molecule has 0 radical (unpaired) electrons. The van der Waals surface area contributed by atoms with Crippen molar-refractivity contribution in [1.82, 2.24) is 9.46 Å². The number of imidazole rings is 1. The summed E-state index contributed by atoms with van der Waals surface area (Å²) in [7, 11) is -0.502. The molecule has 2 aromatic carbocycles. The minimum absolute atomic E-state index is 0.392. The lowest BCUT2D eigenvalue weighted by atomic mass is 9.90. The minimum Gasteiger partial charge on any atom is -0.384 e. The van der Waals surface area contributed by atoms with E-state index in [-0.39, 0.29) is 0 Å². The fourth-order valence-electron chi connectivity index (χ4n) is 2.97. The number of benzene rings is 2. The van der Waals surface area contributed by atoms with E-state index in [1.807, 2.05) is 36.4 Å². The average Bonchev–Trinajstić information content (AvgIpc) is 3.03. The molecule has 0 aliphatic carbocycles. The van der Waals surface area contributed by atoms with Crippen LogP contribution >= 0.6 is 0 Å². The highest BCUT2D eigenvalue weighted by molar-refractivity contribution is 6.46. The van der Waals surface area contributed by atoms with E-state index < -0.39 is 18.5 Å². The lowest BCUT2D eigenvalue weighted by Crippen LogP contribution is -2.41. The van der Waals surface area contributed by atoms with Crippen LogP contribution in [0.25, 0.3) is 22.4 Å². The molecular formula is C19H21BN2O2. The Morgan fingerprint density at radius 1 is 0.833 bits per heavy atom. The van der Waals surface area contributed by atoms with Crippen LogP contribution in [0.1, 0.15) is 27.7 Å². The summed E-state index contributed by atoms with van der Waals surface area (Å²) in [6.45, 7) is 8.26.